The van der Waals surface area contributed by atoms with Crippen LogP contribution in [0.4, 0.5) is 13.2 Å². The quantitative estimate of drug-likeness (QED) is 0.821. The Morgan fingerprint density at radius 3 is 2.38 bits per heavy atom. The van der Waals surface area contributed by atoms with Gasteiger partial charge in [0, 0.05) is 6.54 Å². The molecule has 1 heterocycles. The van der Waals surface area contributed by atoms with Crippen molar-refractivity contribution in [3.8, 4) is 0 Å². The first-order valence-electron chi connectivity index (χ1n) is 7.46. The van der Waals surface area contributed by atoms with E-state index in [1.807, 2.05) is 0 Å². The van der Waals surface area contributed by atoms with Gasteiger partial charge in [-0.3, -0.25) is 4.79 Å². The summed E-state index contributed by atoms with van der Waals surface area (Å²) in [4.78, 5) is 13.7. The molecule has 0 N–H and O–H groups in total. The average molecular weight is 363 g/mol. The third-order valence-corrected chi connectivity index (χ3v) is 6.88. The third-order valence-electron chi connectivity index (χ3n) is 4.38. The molecular formula is C15H16F3NO4S. The molecule has 0 aromatic heterocycles. The zero-order chi connectivity index (χ0) is 17.6. The summed E-state index contributed by atoms with van der Waals surface area (Å²) in [6.45, 7) is -0.983. The summed E-state index contributed by atoms with van der Waals surface area (Å²) < 4.78 is 67.0. The molecule has 1 aromatic carbocycles. The molecule has 132 valence electrons. The number of rotatable bonds is 3. The van der Waals surface area contributed by atoms with Crippen molar-refractivity contribution >= 4 is 15.7 Å². The predicted molar refractivity (Wildman–Crippen MR) is 78.0 cm³/mol. The van der Waals surface area contributed by atoms with Crippen molar-refractivity contribution in [2.45, 2.75) is 34.8 Å². The minimum atomic E-state index is -4.59. The van der Waals surface area contributed by atoms with Gasteiger partial charge >= 0.3 is 6.18 Å². The maximum absolute atomic E-state index is 12.8. The van der Waals surface area contributed by atoms with Crippen LogP contribution in [0.15, 0.2) is 35.2 Å². The van der Waals surface area contributed by atoms with Gasteiger partial charge < -0.3 is 9.64 Å². The molecular weight excluding hydrogens is 347 g/mol. The number of carbonyl (C=O) groups is 1. The molecule has 9 heteroatoms. The number of sulfone groups is 1. The van der Waals surface area contributed by atoms with Crippen molar-refractivity contribution in [2.75, 3.05) is 19.7 Å². The Balaban J connectivity index is 1.84. The van der Waals surface area contributed by atoms with Gasteiger partial charge in [0.2, 0.25) is 5.91 Å². The molecule has 1 saturated carbocycles. The van der Waals surface area contributed by atoms with Crippen LogP contribution >= 0.6 is 0 Å². The van der Waals surface area contributed by atoms with Gasteiger partial charge in [-0.25, -0.2) is 8.42 Å². The van der Waals surface area contributed by atoms with Crippen LogP contribution in [-0.2, 0) is 19.4 Å². The highest BCUT2D eigenvalue weighted by Crippen LogP contribution is 2.48. The van der Waals surface area contributed by atoms with Crippen LogP contribution in [-0.4, -0.2) is 55.9 Å². The SMILES string of the molecule is O=C(N1CCO[C@H](C(F)(F)F)C1)C1(S(=O)(=O)c2ccccc2)CC1. The number of nitrogens with zero attached hydrogens (tertiary/aromatic N) is 1. The van der Waals surface area contributed by atoms with Crippen LogP contribution in [0.2, 0.25) is 0 Å². The molecule has 3 rings (SSSR count). The van der Waals surface area contributed by atoms with E-state index in [0.717, 1.165) is 4.90 Å². The Morgan fingerprint density at radius 2 is 1.83 bits per heavy atom. The van der Waals surface area contributed by atoms with Crippen LogP contribution in [0.1, 0.15) is 12.8 Å². The van der Waals surface area contributed by atoms with Gasteiger partial charge in [-0.15, -0.1) is 0 Å². The summed E-state index contributed by atoms with van der Waals surface area (Å²) in [7, 11) is -3.94. The van der Waals surface area contributed by atoms with Crippen LogP contribution in [0, 0.1) is 0 Å². The first-order valence-corrected chi connectivity index (χ1v) is 8.94. The van der Waals surface area contributed by atoms with E-state index in [1.165, 1.54) is 12.1 Å². The second-order valence-corrected chi connectivity index (χ2v) is 8.22. The maximum Gasteiger partial charge on any atom is 0.416 e. The van der Waals surface area contributed by atoms with Crippen molar-refractivity contribution in [2.24, 2.45) is 0 Å². The fraction of sp³-hybridized carbons (Fsp3) is 0.533. The Morgan fingerprint density at radius 1 is 1.21 bits per heavy atom. The normalized spacial score (nSPS) is 23.8. The second kappa shape index (κ2) is 5.73. The van der Waals surface area contributed by atoms with E-state index in [2.05, 4.69) is 4.74 Å². The molecule has 1 aromatic rings. The fourth-order valence-electron chi connectivity index (χ4n) is 2.86. The van der Waals surface area contributed by atoms with Crippen molar-refractivity contribution in [3.05, 3.63) is 30.3 Å². The lowest BCUT2D eigenvalue weighted by Gasteiger charge is -2.35. The molecule has 1 saturated heterocycles. The standard InChI is InChI=1S/C15H16F3NO4S/c16-15(17,18)12-10-19(8-9-23-12)13(20)14(6-7-14)24(21,22)11-4-2-1-3-5-11/h1-5,12H,6-10H2/t12-/m0/s1. The molecule has 0 bridgehead atoms. The highest BCUT2D eigenvalue weighted by atomic mass is 32.2. The van der Waals surface area contributed by atoms with Crippen molar-refractivity contribution in [1.29, 1.82) is 0 Å². The first-order chi connectivity index (χ1) is 11.2. The molecule has 24 heavy (non-hydrogen) atoms. The molecule has 0 spiro atoms. The van der Waals surface area contributed by atoms with Gasteiger partial charge in [-0.2, -0.15) is 13.2 Å². The summed E-state index contributed by atoms with van der Waals surface area (Å²) in [6, 6.07) is 7.51. The first kappa shape index (κ1) is 17.2. The molecule has 2 aliphatic rings. The minimum Gasteiger partial charge on any atom is -0.365 e. The van der Waals surface area contributed by atoms with Crippen LogP contribution in [0.5, 0.6) is 0 Å². The molecule has 0 unspecified atom stereocenters. The smallest absolute Gasteiger partial charge is 0.365 e. The van der Waals surface area contributed by atoms with E-state index in [1.54, 1.807) is 18.2 Å². The van der Waals surface area contributed by atoms with Crippen molar-refractivity contribution < 1.29 is 31.1 Å². The number of carbonyl (C=O) groups excluding carboxylic acids is 1. The summed E-state index contributed by atoms with van der Waals surface area (Å²) in [6.07, 6.45) is -6.42. The molecule has 5 nitrogen and oxygen atoms in total. The van der Waals surface area contributed by atoms with Crippen LogP contribution < -0.4 is 0 Å². The van der Waals surface area contributed by atoms with Gasteiger partial charge in [0.25, 0.3) is 0 Å². The van der Waals surface area contributed by atoms with E-state index < -0.39 is 39.3 Å². The van der Waals surface area contributed by atoms with Crippen molar-refractivity contribution in [3.63, 3.8) is 0 Å². The highest BCUT2D eigenvalue weighted by molar-refractivity contribution is 7.94. The summed E-state index contributed by atoms with van der Waals surface area (Å²) >= 11 is 0. The number of ether oxygens (including phenoxy) is 1. The number of halogens is 3. The topological polar surface area (TPSA) is 63.7 Å². The van der Waals surface area contributed by atoms with Crippen LogP contribution in [0.25, 0.3) is 0 Å². The van der Waals surface area contributed by atoms with Crippen molar-refractivity contribution in [1.82, 2.24) is 4.90 Å². The Bertz CT molecular complexity index is 729. The molecule has 2 fully saturated rings. The monoisotopic (exact) mass is 363 g/mol. The highest BCUT2D eigenvalue weighted by Gasteiger charge is 2.63. The Hall–Kier alpha value is -1.61. The van der Waals surface area contributed by atoms with Crippen LogP contribution in [0.3, 0.4) is 0 Å². The minimum absolute atomic E-state index is 0.0106. The van der Waals surface area contributed by atoms with E-state index in [9.17, 15) is 26.4 Å². The fourth-order valence-corrected chi connectivity index (χ4v) is 4.82. The molecule has 1 aliphatic carbocycles. The van der Waals surface area contributed by atoms with E-state index in [0.29, 0.717) is 0 Å². The summed E-state index contributed by atoms with van der Waals surface area (Å²) in [5.41, 5.74) is 0. The average Bonchev–Trinajstić information content (AvgIpc) is 3.36. The Kier molecular flexibility index (Phi) is 4.11. The number of hydrogen-bond acceptors (Lipinski definition) is 4. The molecule has 1 atom stereocenters. The van der Waals surface area contributed by atoms with Gasteiger partial charge in [-0.1, -0.05) is 18.2 Å². The van der Waals surface area contributed by atoms with E-state index in [4.69, 9.17) is 0 Å². The number of alkyl halides is 3. The summed E-state index contributed by atoms with van der Waals surface area (Å²) in [5, 5.41) is 0. The van der Waals surface area contributed by atoms with Gasteiger partial charge in [0.1, 0.15) is 0 Å². The largest absolute Gasteiger partial charge is 0.416 e. The molecule has 1 amide bonds. The number of morpholine rings is 1. The lowest BCUT2D eigenvalue weighted by atomic mass is 10.2. The third kappa shape index (κ3) is 2.79. The van der Waals surface area contributed by atoms with E-state index >= 15 is 0 Å². The summed E-state index contributed by atoms with van der Waals surface area (Å²) in [5.74, 6) is -0.760. The zero-order valence-electron chi connectivity index (χ0n) is 12.6. The lowest BCUT2D eigenvalue weighted by molar-refractivity contribution is -0.236. The zero-order valence-corrected chi connectivity index (χ0v) is 13.4. The Labute approximate surface area is 137 Å². The van der Waals surface area contributed by atoms with Gasteiger partial charge in [0.15, 0.2) is 20.7 Å². The lowest BCUT2D eigenvalue weighted by Crippen LogP contribution is -2.55. The maximum atomic E-state index is 12.8. The van der Waals surface area contributed by atoms with Gasteiger partial charge in [0.05, 0.1) is 18.0 Å². The molecule has 1 aliphatic heterocycles. The number of hydrogen-bond donors (Lipinski definition) is 0. The predicted octanol–water partition coefficient (Wildman–Crippen LogP) is 1.78. The van der Waals surface area contributed by atoms with Gasteiger partial charge in [-0.05, 0) is 25.0 Å². The number of benzene rings is 1. The van der Waals surface area contributed by atoms with E-state index in [-0.39, 0.29) is 30.9 Å². The molecule has 0 radical (unpaired) electrons. The second-order valence-electron chi connectivity index (χ2n) is 5.96. The number of amides is 1.